The van der Waals surface area contributed by atoms with E-state index in [1.807, 2.05) is 34.9 Å². The highest BCUT2D eigenvalue weighted by Crippen LogP contribution is 2.42. The third kappa shape index (κ3) is 3.07. The van der Waals surface area contributed by atoms with E-state index in [1.165, 1.54) is 0 Å². The van der Waals surface area contributed by atoms with Crippen molar-refractivity contribution in [2.45, 2.75) is 31.9 Å². The van der Waals surface area contributed by atoms with E-state index in [4.69, 9.17) is 19.9 Å². The Kier molecular flexibility index (Phi) is 4.43. The van der Waals surface area contributed by atoms with Gasteiger partial charge in [0.05, 0.1) is 29.9 Å². The monoisotopic (exact) mass is 467 g/mol. The van der Waals surface area contributed by atoms with Crippen LogP contribution in [-0.2, 0) is 4.74 Å². The number of anilines is 1. The van der Waals surface area contributed by atoms with Crippen LogP contribution < -0.4 is 10.6 Å². The molecule has 3 N–H and O–H groups in total. The minimum Gasteiger partial charge on any atom is -0.463 e. The average Bonchev–Trinajstić information content (AvgIpc) is 3.67. The lowest BCUT2D eigenvalue weighted by Crippen LogP contribution is -2.51. The SMILES string of the molecule is C[C@@H]1OCC2(CCN(c3nc4[nH]nc(C#Cc5cccc6ccoc56)c4c4nccn34)CC2)[C@@H]1N. The fourth-order valence-electron chi connectivity index (χ4n) is 5.59. The zero-order valence-corrected chi connectivity index (χ0v) is 19.4. The van der Waals surface area contributed by atoms with Crippen molar-refractivity contribution in [3.05, 3.63) is 54.2 Å². The van der Waals surface area contributed by atoms with Crippen molar-refractivity contribution in [3.63, 3.8) is 0 Å². The number of rotatable bonds is 1. The minimum absolute atomic E-state index is 0.0572. The number of imidazole rings is 1. The fraction of sp³-hybridized carbons (Fsp3) is 0.346. The maximum absolute atomic E-state index is 6.51. The minimum atomic E-state index is 0.0572. The van der Waals surface area contributed by atoms with E-state index >= 15 is 0 Å². The van der Waals surface area contributed by atoms with Gasteiger partial charge in [-0.25, -0.2) is 4.98 Å². The molecule has 2 fully saturated rings. The number of aromatic nitrogens is 5. The number of para-hydroxylation sites is 1. The first-order valence-electron chi connectivity index (χ1n) is 11.9. The first-order chi connectivity index (χ1) is 17.1. The number of furan rings is 1. The Morgan fingerprint density at radius 2 is 2.09 bits per heavy atom. The molecule has 6 heterocycles. The maximum Gasteiger partial charge on any atom is 0.213 e. The first-order valence-corrected chi connectivity index (χ1v) is 11.9. The average molecular weight is 468 g/mol. The molecule has 2 aliphatic rings. The van der Waals surface area contributed by atoms with Crippen LogP contribution in [0.5, 0.6) is 0 Å². The van der Waals surface area contributed by atoms with Gasteiger partial charge >= 0.3 is 0 Å². The van der Waals surface area contributed by atoms with E-state index in [0.717, 1.165) is 66.1 Å². The number of ether oxygens (including phenoxy) is 1. The largest absolute Gasteiger partial charge is 0.463 e. The highest BCUT2D eigenvalue weighted by molar-refractivity contribution is 5.95. The van der Waals surface area contributed by atoms with Crippen molar-refractivity contribution in [1.29, 1.82) is 0 Å². The normalized spacial score (nSPS) is 21.8. The fourth-order valence-corrected chi connectivity index (χ4v) is 5.59. The molecule has 1 aromatic carbocycles. The Balaban J connectivity index is 1.25. The molecule has 7 rings (SSSR count). The number of nitrogens with two attached hydrogens (primary N) is 1. The molecule has 2 aliphatic heterocycles. The van der Waals surface area contributed by atoms with Crippen molar-refractivity contribution in [3.8, 4) is 11.8 Å². The van der Waals surface area contributed by atoms with E-state index in [0.29, 0.717) is 11.3 Å². The van der Waals surface area contributed by atoms with Gasteiger partial charge in [-0.2, -0.15) is 10.1 Å². The maximum atomic E-state index is 6.51. The van der Waals surface area contributed by atoms with Gasteiger partial charge in [0.15, 0.2) is 11.3 Å². The number of piperidine rings is 1. The Morgan fingerprint density at radius 1 is 1.20 bits per heavy atom. The Bertz CT molecular complexity index is 1630. The highest BCUT2D eigenvalue weighted by atomic mass is 16.5. The van der Waals surface area contributed by atoms with Gasteiger partial charge in [-0.15, -0.1) is 0 Å². The zero-order valence-electron chi connectivity index (χ0n) is 19.4. The number of benzene rings is 1. The lowest BCUT2D eigenvalue weighted by Gasteiger charge is -2.41. The summed E-state index contributed by atoms with van der Waals surface area (Å²) in [5, 5.41) is 9.38. The van der Waals surface area contributed by atoms with E-state index in [1.54, 1.807) is 12.5 Å². The Hall–Kier alpha value is -3.87. The van der Waals surface area contributed by atoms with Crippen molar-refractivity contribution in [2.24, 2.45) is 11.1 Å². The summed E-state index contributed by atoms with van der Waals surface area (Å²) in [5.41, 5.74) is 10.2. The van der Waals surface area contributed by atoms with Crippen LogP contribution in [0.3, 0.4) is 0 Å². The summed E-state index contributed by atoms with van der Waals surface area (Å²) in [5.74, 6) is 7.27. The molecule has 0 aliphatic carbocycles. The summed E-state index contributed by atoms with van der Waals surface area (Å²) >= 11 is 0. The second-order valence-electron chi connectivity index (χ2n) is 9.61. The molecule has 0 saturated carbocycles. The van der Waals surface area contributed by atoms with Gasteiger partial charge in [0.2, 0.25) is 5.95 Å². The van der Waals surface area contributed by atoms with E-state index in [2.05, 4.69) is 38.8 Å². The number of hydrogen-bond acceptors (Lipinski definition) is 7. The van der Waals surface area contributed by atoms with E-state index in [9.17, 15) is 0 Å². The van der Waals surface area contributed by atoms with Crippen molar-refractivity contribution >= 4 is 33.6 Å². The molecule has 2 saturated heterocycles. The molecule has 0 bridgehead atoms. The van der Waals surface area contributed by atoms with Crippen LogP contribution >= 0.6 is 0 Å². The van der Waals surface area contributed by atoms with Gasteiger partial charge in [0.1, 0.15) is 11.3 Å². The number of aromatic amines is 1. The lowest BCUT2D eigenvalue weighted by molar-refractivity contribution is 0.0973. The molecule has 35 heavy (non-hydrogen) atoms. The summed E-state index contributed by atoms with van der Waals surface area (Å²) in [6.45, 7) is 4.54. The first kappa shape index (κ1) is 20.5. The van der Waals surface area contributed by atoms with Crippen LogP contribution in [-0.4, -0.2) is 56.4 Å². The smallest absolute Gasteiger partial charge is 0.213 e. The van der Waals surface area contributed by atoms with Crippen LogP contribution in [0.1, 0.15) is 31.0 Å². The molecule has 1 spiro atoms. The molecule has 5 aromatic rings. The third-order valence-electron chi connectivity index (χ3n) is 7.72. The summed E-state index contributed by atoms with van der Waals surface area (Å²) in [6.07, 6.45) is 7.48. The molecular formula is C26H25N7O2. The molecule has 9 nitrogen and oxygen atoms in total. The summed E-state index contributed by atoms with van der Waals surface area (Å²) < 4.78 is 13.5. The topological polar surface area (TPSA) is 110 Å². The Morgan fingerprint density at radius 3 is 2.91 bits per heavy atom. The molecule has 2 atom stereocenters. The summed E-state index contributed by atoms with van der Waals surface area (Å²) in [7, 11) is 0. The third-order valence-corrected chi connectivity index (χ3v) is 7.72. The van der Waals surface area contributed by atoms with Crippen LogP contribution in [0, 0.1) is 17.3 Å². The summed E-state index contributed by atoms with van der Waals surface area (Å²) in [4.78, 5) is 11.9. The van der Waals surface area contributed by atoms with E-state index < -0.39 is 0 Å². The Labute approximate surface area is 201 Å². The lowest BCUT2D eigenvalue weighted by atomic mass is 9.73. The van der Waals surface area contributed by atoms with Crippen LogP contribution in [0.25, 0.3) is 27.6 Å². The molecule has 0 radical (unpaired) electrons. The van der Waals surface area contributed by atoms with E-state index in [-0.39, 0.29) is 17.6 Å². The van der Waals surface area contributed by atoms with Gasteiger partial charge in [-0.1, -0.05) is 18.1 Å². The molecule has 176 valence electrons. The molecular weight excluding hydrogens is 442 g/mol. The van der Waals surface area contributed by atoms with Crippen LogP contribution in [0.4, 0.5) is 5.95 Å². The van der Waals surface area contributed by atoms with Crippen molar-refractivity contribution in [1.82, 2.24) is 24.6 Å². The van der Waals surface area contributed by atoms with Gasteiger partial charge in [-0.3, -0.25) is 9.50 Å². The van der Waals surface area contributed by atoms with Gasteiger partial charge < -0.3 is 19.8 Å². The molecule has 4 aromatic heterocycles. The van der Waals surface area contributed by atoms with Gasteiger partial charge in [0, 0.05) is 42.3 Å². The van der Waals surface area contributed by atoms with Crippen molar-refractivity contribution < 1.29 is 9.15 Å². The summed E-state index contributed by atoms with van der Waals surface area (Å²) in [6, 6.07) is 7.93. The number of hydrogen-bond donors (Lipinski definition) is 2. The quantitative estimate of drug-likeness (QED) is 0.365. The molecule has 9 heteroatoms. The number of nitrogens with one attached hydrogen (secondary N) is 1. The number of nitrogens with zero attached hydrogens (tertiary/aromatic N) is 5. The number of H-pyrrole nitrogens is 1. The van der Waals surface area contributed by atoms with Crippen LogP contribution in [0.2, 0.25) is 0 Å². The molecule has 0 unspecified atom stereocenters. The highest BCUT2D eigenvalue weighted by Gasteiger charge is 2.47. The van der Waals surface area contributed by atoms with Gasteiger partial charge in [-0.05, 0) is 37.8 Å². The zero-order chi connectivity index (χ0) is 23.6. The van der Waals surface area contributed by atoms with Crippen LogP contribution in [0.15, 0.2) is 47.3 Å². The standard InChI is InChI=1S/C26H25N7O2/c1-16-22(27)26(15-35-16)8-11-32(12-9-26)25-29-23-20(24-28-10-13-33(24)25)19(30-31-23)6-5-17-3-2-4-18-7-14-34-21(17)18/h2-4,7,10,13-14,16,22H,8-9,11-12,15,27H2,1H3,(H,30,31)/t16-,22+/m0/s1. The van der Waals surface area contributed by atoms with Crippen molar-refractivity contribution in [2.75, 3.05) is 24.6 Å². The number of fused-ring (bicyclic) bond motifs is 4. The predicted octanol–water partition coefficient (Wildman–Crippen LogP) is 3.08. The van der Waals surface area contributed by atoms with Gasteiger partial charge in [0.25, 0.3) is 0 Å². The predicted molar refractivity (Wildman–Crippen MR) is 132 cm³/mol. The second-order valence-corrected chi connectivity index (χ2v) is 9.61. The molecule has 0 amide bonds. The second kappa shape index (κ2) is 7.57.